The highest BCUT2D eigenvalue weighted by Gasteiger charge is 2.50. The van der Waals surface area contributed by atoms with E-state index in [1.54, 1.807) is 11.0 Å². The molecule has 31 heavy (non-hydrogen) atoms. The zero-order valence-corrected chi connectivity index (χ0v) is 18.7. The summed E-state index contributed by atoms with van der Waals surface area (Å²) >= 11 is 0. The minimum absolute atomic E-state index is 0.0157. The lowest BCUT2D eigenvalue weighted by Crippen LogP contribution is -2.64. The van der Waals surface area contributed by atoms with Gasteiger partial charge in [0, 0.05) is 17.8 Å². The maximum atomic E-state index is 14.1. The van der Waals surface area contributed by atoms with Gasteiger partial charge in [-0.25, -0.2) is 0 Å². The summed E-state index contributed by atoms with van der Waals surface area (Å²) < 4.78 is 0. The molecule has 0 bridgehead atoms. The number of allylic oxidation sites excluding steroid dienone is 3. The summed E-state index contributed by atoms with van der Waals surface area (Å²) in [6, 6.07) is 0.258. The van der Waals surface area contributed by atoms with Crippen molar-refractivity contribution in [3.63, 3.8) is 0 Å². The Morgan fingerprint density at radius 1 is 1.16 bits per heavy atom. The van der Waals surface area contributed by atoms with E-state index in [1.807, 2.05) is 30.9 Å². The molecule has 3 amide bonds. The van der Waals surface area contributed by atoms with E-state index in [-0.39, 0.29) is 42.8 Å². The van der Waals surface area contributed by atoms with Crippen LogP contribution in [0.4, 0.5) is 0 Å². The normalized spacial score (nSPS) is 26.9. The summed E-state index contributed by atoms with van der Waals surface area (Å²) in [6.45, 7) is 3.81. The molecule has 2 heterocycles. The lowest BCUT2D eigenvalue weighted by atomic mass is 9.87. The number of amidine groups is 1. The number of fused-ring (bicyclic) bond motifs is 1. The van der Waals surface area contributed by atoms with Gasteiger partial charge in [-0.2, -0.15) is 4.99 Å². The predicted octanol–water partition coefficient (Wildman–Crippen LogP) is 3.07. The molecule has 0 unspecified atom stereocenters. The number of amides is 3. The maximum Gasteiger partial charge on any atom is 0.250 e. The van der Waals surface area contributed by atoms with Gasteiger partial charge in [0.15, 0.2) is 0 Å². The first-order chi connectivity index (χ1) is 14.9. The van der Waals surface area contributed by atoms with E-state index in [2.05, 4.69) is 10.3 Å². The van der Waals surface area contributed by atoms with E-state index in [9.17, 15) is 14.4 Å². The first-order valence-electron chi connectivity index (χ1n) is 11.8. The largest absolute Gasteiger partial charge is 0.352 e. The van der Waals surface area contributed by atoms with Gasteiger partial charge in [0.05, 0.1) is 13.0 Å². The highest BCUT2D eigenvalue weighted by Crippen LogP contribution is 2.35. The minimum Gasteiger partial charge on any atom is -0.352 e. The highest BCUT2D eigenvalue weighted by molar-refractivity contribution is 6.10. The molecule has 0 aromatic rings. The molecule has 7 heteroatoms. The van der Waals surface area contributed by atoms with Crippen LogP contribution in [0.15, 0.2) is 28.9 Å². The van der Waals surface area contributed by atoms with Crippen LogP contribution in [0.25, 0.3) is 0 Å². The number of carbonyl (C=O) groups is 3. The van der Waals surface area contributed by atoms with E-state index in [4.69, 9.17) is 0 Å². The molecule has 2 aliphatic carbocycles. The van der Waals surface area contributed by atoms with Crippen molar-refractivity contribution in [2.45, 2.75) is 95.7 Å². The molecule has 1 atom stereocenters. The van der Waals surface area contributed by atoms with Crippen molar-refractivity contribution in [2.24, 2.45) is 4.99 Å². The molecular formula is C24H34N4O3. The van der Waals surface area contributed by atoms with Gasteiger partial charge in [0.25, 0.3) is 5.91 Å². The van der Waals surface area contributed by atoms with E-state index in [0.717, 1.165) is 63.5 Å². The molecule has 2 saturated carbocycles. The van der Waals surface area contributed by atoms with Crippen molar-refractivity contribution in [1.82, 2.24) is 15.1 Å². The molecule has 0 saturated heterocycles. The zero-order chi connectivity index (χ0) is 22.0. The number of hydrogen-bond acceptors (Lipinski definition) is 4. The van der Waals surface area contributed by atoms with Crippen molar-refractivity contribution < 1.29 is 14.4 Å². The third-order valence-corrected chi connectivity index (χ3v) is 7.16. The molecule has 0 aromatic carbocycles. The molecule has 4 aliphatic rings. The van der Waals surface area contributed by atoms with Crippen LogP contribution in [-0.4, -0.2) is 57.5 Å². The van der Waals surface area contributed by atoms with Crippen LogP contribution in [-0.2, 0) is 14.4 Å². The van der Waals surface area contributed by atoms with Crippen LogP contribution >= 0.6 is 0 Å². The van der Waals surface area contributed by atoms with Crippen molar-refractivity contribution >= 4 is 23.6 Å². The Balaban J connectivity index is 1.60. The quantitative estimate of drug-likeness (QED) is 0.732. The summed E-state index contributed by atoms with van der Waals surface area (Å²) in [6.07, 6.45) is 15.0. The third-order valence-electron chi connectivity index (χ3n) is 7.16. The van der Waals surface area contributed by atoms with E-state index in [1.165, 1.54) is 0 Å². The van der Waals surface area contributed by atoms with Crippen LogP contribution in [0.1, 0.15) is 78.1 Å². The summed E-state index contributed by atoms with van der Waals surface area (Å²) in [5.41, 5.74) is -0.200. The SMILES string of the molecule is CC1=CC=CC2=NC(=O)C[C@](C)(C(=O)N(CC(=O)NC3CCCC3)C3CCCCC3)N12. The van der Waals surface area contributed by atoms with Gasteiger partial charge < -0.3 is 15.1 Å². The number of aliphatic imine (C=N–C) groups is 1. The Morgan fingerprint density at radius 3 is 2.55 bits per heavy atom. The Kier molecular flexibility index (Phi) is 6.30. The third kappa shape index (κ3) is 4.46. The van der Waals surface area contributed by atoms with Gasteiger partial charge in [-0.1, -0.05) is 38.2 Å². The topological polar surface area (TPSA) is 82.1 Å². The van der Waals surface area contributed by atoms with Gasteiger partial charge in [-0.3, -0.25) is 14.4 Å². The molecule has 2 aliphatic heterocycles. The molecule has 4 rings (SSSR count). The fraction of sp³-hybridized carbons (Fsp3) is 0.667. The van der Waals surface area contributed by atoms with E-state index < -0.39 is 5.54 Å². The Labute approximate surface area is 184 Å². The van der Waals surface area contributed by atoms with Crippen molar-refractivity contribution in [2.75, 3.05) is 6.54 Å². The second-order valence-electron chi connectivity index (χ2n) is 9.59. The van der Waals surface area contributed by atoms with Gasteiger partial charge in [-0.15, -0.1) is 0 Å². The first-order valence-corrected chi connectivity index (χ1v) is 11.8. The Bertz CT molecular complexity index is 834. The number of hydrogen-bond donors (Lipinski definition) is 1. The first kappa shape index (κ1) is 21.8. The van der Waals surface area contributed by atoms with Crippen LogP contribution in [0, 0.1) is 0 Å². The fourth-order valence-electron chi connectivity index (χ4n) is 5.61. The van der Waals surface area contributed by atoms with Crippen molar-refractivity contribution in [3.05, 3.63) is 23.9 Å². The van der Waals surface area contributed by atoms with Crippen LogP contribution in [0.2, 0.25) is 0 Å². The molecule has 0 spiro atoms. The number of nitrogens with one attached hydrogen (secondary N) is 1. The molecule has 168 valence electrons. The smallest absolute Gasteiger partial charge is 0.250 e. The second kappa shape index (κ2) is 8.97. The molecule has 2 fully saturated rings. The lowest BCUT2D eigenvalue weighted by Gasteiger charge is -2.48. The summed E-state index contributed by atoms with van der Waals surface area (Å²) in [5.74, 6) is -0.0208. The summed E-state index contributed by atoms with van der Waals surface area (Å²) in [4.78, 5) is 47.3. The molecule has 1 N–H and O–H groups in total. The van der Waals surface area contributed by atoms with Crippen LogP contribution in [0.3, 0.4) is 0 Å². The maximum absolute atomic E-state index is 14.1. The average molecular weight is 427 g/mol. The predicted molar refractivity (Wildman–Crippen MR) is 119 cm³/mol. The number of nitrogens with zero attached hydrogens (tertiary/aromatic N) is 3. The number of rotatable bonds is 5. The van der Waals surface area contributed by atoms with Gasteiger partial charge >= 0.3 is 0 Å². The van der Waals surface area contributed by atoms with Crippen LogP contribution < -0.4 is 5.32 Å². The minimum atomic E-state index is -1.08. The monoisotopic (exact) mass is 426 g/mol. The molecule has 0 radical (unpaired) electrons. The van der Waals surface area contributed by atoms with Gasteiger partial charge in [0.2, 0.25) is 11.8 Å². The molecule has 0 aromatic heterocycles. The van der Waals surface area contributed by atoms with Crippen molar-refractivity contribution in [3.8, 4) is 0 Å². The standard InChI is InChI=1S/C24H34N4O3/c1-17-9-8-14-20-26-21(29)15-24(2,28(17)20)23(31)27(19-12-4-3-5-13-19)16-22(30)25-18-10-6-7-11-18/h8-9,14,18-19H,3-7,10-13,15-16H2,1-2H3,(H,25,30)/t24-/m1/s1. The van der Waals surface area contributed by atoms with Gasteiger partial charge in [0.1, 0.15) is 11.4 Å². The average Bonchev–Trinajstić information content (AvgIpc) is 3.24. The Morgan fingerprint density at radius 2 is 1.84 bits per heavy atom. The Hall–Kier alpha value is -2.44. The second-order valence-corrected chi connectivity index (χ2v) is 9.59. The van der Waals surface area contributed by atoms with Gasteiger partial charge in [-0.05, 0) is 51.7 Å². The molecular weight excluding hydrogens is 392 g/mol. The highest BCUT2D eigenvalue weighted by atomic mass is 16.2. The lowest BCUT2D eigenvalue weighted by molar-refractivity contribution is -0.149. The van der Waals surface area contributed by atoms with Crippen molar-refractivity contribution in [1.29, 1.82) is 0 Å². The van der Waals surface area contributed by atoms with E-state index >= 15 is 0 Å². The van der Waals surface area contributed by atoms with E-state index in [0.29, 0.717) is 5.84 Å². The van der Waals surface area contributed by atoms with Crippen LogP contribution in [0.5, 0.6) is 0 Å². The summed E-state index contributed by atoms with van der Waals surface area (Å²) in [5, 5.41) is 3.13. The zero-order valence-electron chi connectivity index (χ0n) is 18.7. The number of carbonyl (C=O) groups excluding carboxylic acids is 3. The molecule has 7 nitrogen and oxygen atoms in total. The summed E-state index contributed by atoms with van der Waals surface area (Å²) in [7, 11) is 0. The fourth-order valence-corrected chi connectivity index (χ4v) is 5.61.